The van der Waals surface area contributed by atoms with E-state index >= 15 is 0 Å². The van der Waals surface area contributed by atoms with Crippen LogP contribution in [0.2, 0.25) is 0 Å². The summed E-state index contributed by atoms with van der Waals surface area (Å²) in [7, 11) is 0. The molecule has 0 aliphatic carbocycles. The zero-order chi connectivity index (χ0) is 11.7. The number of ether oxygens (including phenoxy) is 2. The van der Waals surface area contributed by atoms with Crippen molar-refractivity contribution in [1.29, 1.82) is 0 Å². The lowest BCUT2D eigenvalue weighted by molar-refractivity contribution is -0.169. The number of piperidine rings is 1. The molecule has 1 aromatic rings. The summed E-state index contributed by atoms with van der Waals surface area (Å²) < 4.78 is 24.5. The van der Waals surface area contributed by atoms with Crippen molar-refractivity contribution in [3.05, 3.63) is 30.1 Å². The van der Waals surface area contributed by atoms with Gasteiger partial charge in [-0.1, -0.05) is 6.07 Å². The molecule has 2 heterocycles. The standard InChI is InChI=1S/C13H16FNO2/c14-11-2-1-3-12(10-11)15-6-4-13(5-7-15)16-8-9-17-13/h1-3,10H,4-9H2. The second-order valence-corrected chi connectivity index (χ2v) is 4.57. The van der Waals surface area contributed by atoms with Gasteiger partial charge in [0.1, 0.15) is 5.82 Å². The number of hydrogen-bond acceptors (Lipinski definition) is 3. The SMILES string of the molecule is Fc1cccc(N2CCC3(CC2)OCCO3)c1. The topological polar surface area (TPSA) is 21.7 Å². The maximum Gasteiger partial charge on any atom is 0.171 e. The van der Waals surface area contributed by atoms with Crippen molar-refractivity contribution in [2.75, 3.05) is 31.2 Å². The van der Waals surface area contributed by atoms with E-state index in [1.54, 1.807) is 12.1 Å². The fraction of sp³-hybridized carbons (Fsp3) is 0.538. The molecule has 1 aromatic carbocycles. The molecule has 2 aliphatic rings. The van der Waals surface area contributed by atoms with Crippen LogP contribution in [-0.4, -0.2) is 32.1 Å². The van der Waals surface area contributed by atoms with Gasteiger partial charge in [0, 0.05) is 31.6 Å². The number of nitrogens with zero attached hydrogens (tertiary/aromatic N) is 1. The van der Waals surface area contributed by atoms with Crippen LogP contribution in [0.4, 0.5) is 10.1 Å². The highest BCUT2D eigenvalue weighted by atomic mass is 19.1. The Morgan fingerprint density at radius 1 is 1.12 bits per heavy atom. The van der Waals surface area contributed by atoms with Gasteiger partial charge in [0.15, 0.2) is 5.79 Å². The summed E-state index contributed by atoms with van der Waals surface area (Å²) >= 11 is 0. The molecule has 0 bridgehead atoms. The summed E-state index contributed by atoms with van der Waals surface area (Å²) in [4.78, 5) is 2.18. The molecule has 4 heteroatoms. The first-order valence-electron chi connectivity index (χ1n) is 6.06. The van der Waals surface area contributed by atoms with E-state index in [1.165, 1.54) is 6.07 Å². The summed E-state index contributed by atoms with van der Waals surface area (Å²) in [5.41, 5.74) is 0.942. The lowest BCUT2D eigenvalue weighted by atomic mass is 10.0. The van der Waals surface area contributed by atoms with Gasteiger partial charge in [-0.05, 0) is 18.2 Å². The van der Waals surface area contributed by atoms with Crippen molar-refractivity contribution in [3.63, 3.8) is 0 Å². The molecule has 0 unspecified atom stereocenters. The second kappa shape index (κ2) is 4.27. The Kier molecular flexibility index (Phi) is 2.76. The van der Waals surface area contributed by atoms with Gasteiger partial charge in [0.05, 0.1) is 13.2 Å². The van der Waals surface area contributed by atoms with Crippen molar-refractivity contribution in [2.45, 2.75) is 18.6 Å². The van der Waals surface area contributed by atoms with Crippen LogP contribution in [0.25, 0.3) is 0 Å². The molecule has 0 atom stereocenters. The maximum atomic E-state index is 13.1. The molecule has 17 heavy (non-hydrogen) atoms. The quantitative estimate of drug-likeness (QED) is 0.747. The van der Waals surface area contributed by atoms with E-state index in [1.807, 2.05) is 6.07 Å². The van der Waals surface area contributed by atoms with Crippen molar-refractivity contribution >= 4 is 5.69 Å². The molecule has 1 spiro atoms. The Labute approximate surface area is 100 Å². The van der Waals surface area contributed by atoms with E-state index in [-0.39, 0.29) is 11.6 Å². The number of benzene rings is 1. The van der Waals surface area contributed by atoms with Crippen LogP contribution in [0, 0.1) is 5.82 Å². The minimum Gasteiger partial charge on any atom is -0.371 e. The highest BCUT2D eigenvalue weighted by Gasteiger charge is 2.39. The summed E-state index contributed by atoms with van der Waals surface area (Å²) in [6.07, 6.45) is 1.70. The van der Waals surface area contributed by atoms with E-state index in [0.29, 0.717) is 13.2 Å². The monoisotopic (exact) mass is 237 g/mol. The summed E-state index contributed by atoms with van der Waals surface area (Å²) in [6, 6.07) is 6.74. The lowest BCUT2D eigenvalue weighted by Gasteiger charge is -2.38. The predicted molar refractivity (Wildman–Crippen MR) is 62.5 cm³/mol. The van der Waals surface area contributed by atoms with Gasteiger partial charge in [-0.15, -0.1) is 0 Å². The largest absolute Gasteiger partial charge is 0.371 e. The molecular formula is C13H16FNO2. The average molecular weight is 237 g/mol. The first-order chi connectivity index (χ1) is 8.27. The van der Waals surface area contributed by atoms with Crippen LogP contribution in [-0.2, 0) is 9.47 Å². The number of anilines is 1. The molecule has 2 saturated heterocycles. The van der Waals surface area contributed by atoms with E-state index in [4.69, 9.17) is 9.47 Å². The van der Waals surface area contributed by atoms with E-state index < -0.39 is 0 Å². The third-order valence-corrected chi connectivity index (χ3v) is 3.51. The molecule has 3 nitrogen and oxygen atoms in total. The van der Waals surface area contributed by atoms with Crippen LogP contribution in [0.15, 0.2) is 24.3 Å². The normalized spacial score (nSPS) is 23.2. The first kappa shape index (κ1) is 11.0. The summed E-state index contributed by atoms with van der Waals surface area (Å²) in [5, 5.41) is 0. The number of halogens is 1. The molecular weight excluding hydrogens is 221 g/mol. The van der Waals surface area contributed by atoms with Gasteiger partial charge in [-0.3, -0.25) is 0 Å². The van der Waals surface area contributed by atoms with Crippen LogP contribution in [0.1, 0.15) is 12.8 Å². The second-order valence-electron chi connectivity index (χ2n) is 4.57. The maximum absolute atomic E-state index is 13.1. The molecule has 0 radical (unpaired) electrons. The summed E-state index contributed by atoms with van der Waals surface area (Å²) in [5.74, 6) is -0.541. The Bertz CT molecular complexity index is 394. The van der Waals surface area contributed by atoms with Crippen molar-refractivity contribution < 1.29 is 13.9 Å². The van der Waals surface area contributed by atoms with Crippen LogP contribution >= 0.6 is 0 Å². The molecule has 0 aromatic heterocycles. The Morgan fingerprint density at radius 3 is 2.47 bits per heavy atom. The zero-order valence-electron chi connectivity index (χ0n) is 9.69. The first-order valence-corrected chi connectivity index (χ1v) is 6.06. The van der Waals surface area contributed by atoms with Crippen molar-refractivity contribution in [2.24, 2.45) is 0 Å². The Morgan fingerprint density at radius 2 is 1.82 bits per heavy atom. The van der Waals surface area contributed by atoms with Gasteiger partial charge in [0.25, 0.3) is 0 Å². The predicted octanol–water partition coefficient (Wildman–Crippen LogP) is 2.17. The number of rotatable bonds is 1. The number of hydrogen-bond donors (Lipinski definition) is 0. The fourth-order valence-electron chi connectivity index (χ4n) is 2.56. The lowest BCUT2D eigenvalue weighted by Crippen LogP contribution is -2.45. The van der Waals surface area contributed by atoms with Crippen molar-refractivity contribution in [1.82, 2.24) is 0 Å². The van der Waals surface area contributed by atoms with Crippen LogP contribution in [0.3, 0.4) is 0 Å². The molecule has 92 valence electrons. The highest BCUT2D eigenvalue weighted by molar-refractivity contribution is 5.46. The molecule has 0 amide bonds. The van der Waals surface area contributed by atoms with Gasteiger partial charge in [0.2, 0.25) is 0 Å². The average Bonchev–Trinajstić information content (AvgIpc) is 2.79. The smallest absolute Gasteiger partial charge is 0.171 e. The zero-order valence-corrected chi connectivity index (χ0v) is 9.69. The van der Waals surface area contributed by atoms with E-state index in [0.717, 1.165) is 31.6 Å². The minimum atomic E-state index is -0.357. The van der Waals surface area contributed by atoms with Crippen molar-refractivity contribution in [3.8, 4) is 0 Å². The third kappa shape index (κ3) is 2.15. The Hall–Kier alpha value is -1.13. The molecule has 3 rings (SSSR count). The fourth-order valence-corrected chi connectivity index (χ4v) is 2.56. The van der Waals surface area contributed by atoms with Gasteiger partial charge in [-0.25, -0.2) is 4.39 Å². The third-order valence-electron chi connectivity index (χ3n) is 3.51. The van der Waals surface area contributed by atoms with E-state index in [9.17, 15) is 4.39 Å². The minimum absolute atomic E-state index is 0.184. The van der Waals surface area contributed by atoms with Gasteiger partial charge < -0.3 is 14.4 Å². The molecule has 2 aliphatic heterocycles. The van der Waals surface area contributed by atoms with E-state index in [2.05, 4.69) is 4.90 Å². The summed E-state index contributed by atoms with van der Waals surface area (Å²) in [6.45, 7) is 3.09. The van der Waals surface area contributed by atoms with Crippen LogP contribution < -0.4 is 4.90 Å². The Balaban J connectivity index is 1.68. The molecule has 2 fully saturated rings. The highest BCUT2D eigenvalue weighted by Crippen LogP contribution is 2.33. The van der Waals surface area contributed by atoms with Gasteiger partial charge >= 0.3 is 0 Å². The molecule has 0 N–H and O–H groups in total. The van der Waals surface area contributed by atoms with Gasteiger partial charge in [-0.2, -0.15) is 0 Å². The van der Waals surface area contributed by atoms with Crippen LogP contribution in [0.5, 0.6) is 0 Å². The molecule has 0 saturated carbocycles.